The molecule has 2 aromatic carbocycles. The summed E-state index contributed by atoms with van der Waals surface area (Å²) in [4.78, 5) is 21.4. The van der Waals surface area contributed by atoms with Crippen LogP contribution < -0.4 is 4.74 Å². The molecule has 180 valence electrons. The third-order valence-corrected chi connectivity index (χ3v) is 6.71. The maximum Gasteiger partial charge on any atom is 0.260 e. The lowest BCUT2D eigenvalue weighted by molar-refractivity contribution is -0.139. The van der Waals surface area contributed by atoms with Gasteiger partial charge in [0.2, 0.25) is 0 Å². The maximum atomic E-state index is 13.2. The molecule has 0 aliphatic carbocycles. The highest BCUT2D eigenvalue weighted by atomic mass is 35.5. The molecule has 34 heavy (non-hydrogen) atoms. The second-order valence-electron chi connectivity index (χ2n) is 8.96. The van der Waals surface area contributed by atoms with Gasteiger partial charge in [0.25, 0.3) is 5.91 Å². The number of amides is 1. The van der Waals surface area contributed by atoms with Gasteiger partial charge in [-0.05, 0) is 56.7 Å². The Labute approximate surface area is 204 Å². The van der Waals surface area contributed by atoms with Crippen LogP contribution in [0.1, 0.15) is 37.9 Å². The Morgan fingerprint density at radius 3 is 2.65 bits per heavy atom. The number of carbonyl (C=O) groups excluding carboxylic acids is 1. The molecule has 2 heterocycles. The van der Waals surface area contributed by atoms with E-state index in [1.807, 2.05) is 46.9 Å². The summed E-state index contributed by atoms with van der Waals surface area (Å²) in [5.41, 5.74) is 1.95. The fourth-order valence-electron chi connectivity index (χ4n) is 4.45. The highest BCUT2D eigenvalue weighted by molar-refractivity contribution is 6.30. The van der Waals surface area contributed by atoms with Crippen LogP contribution in [0.4, 0.5) is 4.39 Å². The number of halogens is 2. The molecule has 3 atom stereocenters. The summed E-state index contributed by atoms with van der Waals surface area (Å²) < 4.78 is 21.2. The van der Waals surface area contributed by atoms with Gasteiger partial charge in [-0.1, -0.05) is 23.7 Å². The van der Waals surface area contributed by atoms with Crippen LogP contribution in [0.5, 0.6) is 5.75 Å². The first kappa shape index (κ1) is 24.2. The third kappa shape index (κ3) is 5.59. The van der Waals surface area contributed by atoms with Crippen LogP contribution in [0.25, 0.3) is 0 Å². The summed E-state index contributed by atoms with van der Waals surface area (Å²) in [5.74, 6) is 0.357. The number of rotatable bonds is 7. The maximum absolute atomic E-state index is 13.2. The lowest BCUT2D eigenvalue weighted by Crippen LogP contribution is -2.58. The number of nitrogens with zero attached hydrogens (tertiary/aromatic N) is 4. The van der Waals surface area contributed by atoms with Crippen molar-refractivity contribution in [3.05, 3.63) is 83.2 Å². The van der Waals surface area contributed by atoms with Gasteiger partial charge in [0, 0.05) is 54.7 Å². The lowest BCUT2D eigenvalue weighted by atomic mass is 10.1. The van der Waals surface area contributed by atoms with Crippen LogP contribution >= 0.6 is 11.6 Å². The van der Waals surface area contributed by atoms with Crippen molar-refractivity contribution in [1.29, 1.82) is 0 Å². The number of ether oxygens (including phenoxy) is 1. The van der Waals surface area contributed by atoms with Crippen molar-refractivity contribution in [3.63, 3.8) is 0 Å². The van der Waals surface area contributed by atoms with Gasteiger partial charge in [0.05, 0.1) is 12.4 Å². The summed E-state index contributed by atoms with van der Waals surface area (Å²) in [5, 5.41) is 0.611. The second kappa shape index (κ2) is 10.6. The highest BCUT2D eigenvalue weighted by Gasteiger charge is 2.32. The Morgan fingerprint density at radius 2 is 1.94 bits per heavy atom. The minimum Gasteiger partial charge on any atom is -0.483 e. The second-order valence-corrected chi connectivity index (χ2v) is 9.39. The van der Waals surface area contributed by atoms with Gasteiger partial charge in [0.1, 0.15) is 11.6 Å². The Morgan fingerprint density at radius 1 is 1.18 bits per heavy atom. The van der Waals surface area contributed by atoms with E-state index in [0.717, 1.165) is 24.2 Å². The van der Waals surface area contributed by atoms with Crippen molar-refractivity contribution < 1.29 is 13.9 Å². The number of aromatic nitrogens is 2. The molecule has 0 N–H and O–H groups in total. The van der Waals surface area contributed by atoms with E-state index in [-0.39, 0.29) is 36.5 Å². The average molecular weight is 485 g/mol. The molecule has 8 heteroatoms. The standard InChI is InChI=1S/C26H30ClFN4O2/c1-18-14-32(19(2)13-31(18)15-21-4-7-23(28)8-5-21)26(33)16-34-25-9-6-22(27)12-24(25)20(3)30-11-10-29-17-30/h4-12,17-20H,13-16H2,1-3H3. The van der Waals surface area contributed by atoms with E-state index in [9.17, 15) is 9.18 Å². The molecule has 0 spiro atoms. The van der Waals surface area contributed by atoms with Gasteiger partial charge in [-0.3, -0.25) is 9.69 Å². The van der Waals surface area contributed by atoms with Crippen molar-refractivity contribution >= 4 is 17.5 Å². The predicted octanol–water partition coefficient (Wildman–Crippen LogP) is 4.79. The molecule has 1 amide bonds. The number of hydrogen-bond donors (Lipinski definition) is 0. The van der Waals surface area contributed by atoms with Gasteiger partial charge in [-0.15, -0.1) is 0 Å². The first-order valence-electron chi connectivity index (χ1n) is 11.5. The van der Waals surface area contributed by atoms with Gasteiger partial charge in [0.15, 0.2) is 6.61 Å². The number of benzene rings is 2. The normalized spacial score (nSPS) is 19.7. The summed E-state index contributed by atoms with van der Waals surface area (Å²) in [6.07, 6.45) is 5.35. The van der Waals surface area contributed by atoms with E-state index >= 15 is 0 Å². The molecular formula is C26H30ClFN4O2. The van der Waals surface area contributed by atoms with Crippen molar-refractivity contribution in [3.8, 4) is 5.75 Å². The van der Waals surface area contributed by atoms with Crippen LogP contribution in [0, 0.1) is 5.82 Å². The molecule has 4 rings (SSSR count). The van der Waals surface area contributed by atoms with Crippen LogP contribution in [-0.4, -0.2) is 57.0 Å². The Hall–Kier alpha value is -2.90. The predicted molar refractivity (Wildman–Crippen MR) is 130 cm³/mol. The van der Waals surface area contributed by atoms with Gasteiger partial charge >= 0.3 is 0 Å². The molecule has 1 fully saturated rings. The first-order valence-corrected chi connectivity index (χ1v) is 11.9. The minimum atomic E-state index is -0.233. The van der Waals surface area contributed by atoms with E-state index < -0.39 is 0 Å². The molecule has 0 saturated carbocycles. The molecule has 1 aromatic heterocycles. The average Bonchev–Trinajstić information content (AvgIpc) is 3.36. The SMILES string of the molecule is CC1CN(C(=O)COc2ccc(Cl)cc2C(C)n2ccnc2)C(C)CN1Cc1ccc(F)cc1. The number of carbonyl (C=O) groups is 1. The fourth-order valence-corrected chi connectivity index (χ4v) is 4.63. The third-order valence-electron chi connectivity index (χ3n) is 6.48. The monoisotopic (exact) mass is 484 g/mol. The zero-order valence-corrected chi connectivity index (χ0v) is 20.5. The van der Waals surface area contributed by atoms with E-state index in [1.54, 1.807) is 18.6 Å². The van der Waals surface area contributed by atoms with Crippen molar-refractivity contribution in [1.82, 2.24) is 19.4 Å². The summed E-state index contributed by atoms with van der Waals surface area (Å²) >= 11 is 6.24. The Kier molecular flexibility index (Phi) is 7.54. The zero-order valence-electron chi connectivity index (χ0n) is 19.7. The van der Waals surface area contributed by atoms with Gasteiger partial charge < -0.3 is 14.2 Å². The summed E-state index contributed by atoms with van der Waals surface area (Å²) in [6, 6.07) is 12.2. The van der Waals surface area contributed by atoms with Gasteiger partial charge in [-0.25, -0.2) is 9.37 Å². The minimum absolute atomic E-state index is 0.0414. The number of hydrogen-bond acceptors (Lipinski definition) is 4. The van der Waals surface area contributed by atoms with Crippen LogP contribution in [0.3, 0.4) is 0 Å². The smallest absolute Gasteiger partial charge is 0.260 e. The molecular weight excluding hydrogens is 455 g/mol. The fraction of sp³-hybridized carbons (Fsp3) is 0.385. The highest BCUT2D eigenvalue weighted by Crippen LogP contribution is 2.31. The van der Waals surface area contributed by atoms with Crippen molar-refractivity contribution in [2.45, 2.75) is 45.4 Å². The molecule has 3 unspecified atom stereocenters. The van der Waals surface area contributed by atoms with Crippen LogP contribution in [0.15, 0.2) is 61.2 Å². The topological polar surface area (TPSA) is 50.6 Å². The zero-order chi connectivity index (χ0) is 24.2. The van der Waals surface area contributed by atoms with E-state index in [4.69, 9.17) is 16.3 Å². The molecule has 1 saturated heterocycles. The lowest BCUT2D eigenvalue weighted by Gasteiger charge is -2.44. The molecule has 3 aromatic rings. The number of imidazole rings is 1. The molecule has 0 bridgehead atoms. The Bertz CT molecular complexity index is 1110. The summed E-state index contributed by atoms with van der Waals surface area (Å²) in [6.45, 7) is 8.24. The van der Waals surface area contributed by atoms with Gasteiger partial charge in [-0.2, -0.15) is 0 Å². The molecule has 0 radical (unpaired) electrons. The Balaban J connectivity index is 1.39. The van der Waals surface area contributed by atoms with Crippen molar-refractivity contribution in [2.75, 3.05) is 19.7 Å². The summed E-state index contributed by atoms with van der Waals surface area (Å²) in [7, 11) is 0. The largest absolute Gasteiger partial charge is 0.483 e. The van der Waals surface area contributed by atoms with E-state index in [0.29, 0.717) is 17.3 Å². The van der Waals surface area contributed by atoms with E-state index in [1.165, 1.54) is 12.1 Å². The number of piperazine rings is 1. The molecule has 1 aliphatic heterocycles. The van der Waals surface area contributed by atoms with Crippen LogP contribution in [-0.2, 0) is 11.3 Å². The quantitative estimate of drug-likeness (QED) is 0.484. The molecule has 6 nitrogen and oxygen atoms in total. The first-order chi connectivity index (χ1) is 16.3. The van der Waals surface area contributed by atoms with Crippen LogP contribution in [0.2, 0.25) is 5.02 Å². The van der Waals surface area contributed by atoms with E-state index in [2.05, 4.69) is 23.7 Å². The van der Waals surface area contributed by atoms with Crippen molar-refractivity contribution in [2.24, 2.45) is 0 Å². The molecule has 1 aliphatic rings.